The summed E-state index contributed by atoms with van der Waals surface area (Å²) in [6.07, 6.45) is 1.56. The van der Waals surface area contributed by atoms with Crippen molar-refractivity contribution in [1.29, 1.82) is 0 Å². The molecule has 0 aliphatic carbocycles. The summed E-state index contributed by atoms with van der Waals surface area (Å²) in [4.78, 5) is 4.01. The van der Waals surface area contributed by atoms with Crippen LogP contribution in [0.5, 0.6) is 0 Å². The molecule has 1 N–H and O–H groups in total. The van der Waals surface area contributed by atoms with Crippen LogP contribution >= 0.6 is 31.9 Å². The van der Waals surface area contributed by atoms with E-state index in [-0.39, 0.29) is 10.2 Å². The second-order valence-corrected chi connectivity index (χ2v) is 5.00. The average Bonchev–Trinajstić information content (AvgIpc) is 2.29. The van der Waals surface area contributed by atoms with Crippen LogP contribution in [0.1, 0.15) is 0 Å². The molecule has 1 aromatic heterocycles. The van der Waals surface area contributed by atoms with Gasteiger partial charge in [-0.25, -0.2) is 13.8 Å². The van der Waals surface area contributed by atoms with E-state index in [4.69, 9.17) is 0 Å². The fourth-order valence-electron chi connectivity index (χ4n) is 1.21. The van der Waals surface area contributed by atoms with E-state index in [1.807, 2.05) is 0 Å². The van der Waals surface area contributed by atoms with Gasteiger partial charge in [0.05, 0.1) is 10.2 Å². The molecule has 2 nitrogen and oxygen atoms in total. The minimum absolute atomic E-state index is 0.0422. The van der Waals surface area contributed by atoms with Crippen molar-refractivity contribution in [3.05, 3.63) is 51.0 Å². The molecule has 0 bridgehead atoms. The van der Waals surface area contributed by atoms with Gasteiger partial charge in [-0.05, 0) is 50.1 Å². The number of halogens is 4. The fourth-order valence-corrected chi connectivity index (χ4v) is 1.76. The lowest BCUT2D eigenvalue weighted by molar-refractivity contribution is 0.598. The zero-order valence-corrected chi connectivity index (χ0v) is 11.5. The first-order chi connectivity index (χ1) is 8.06. The van der Waals surface area contributed by atoms with Crippen LogP contribution in [0.25, 0.3) is 0 Å². The molecule has 2 aromatic rings. The zero-order valence-electron chi connectivity index (χ0n) is 8.35. The number of pyridine rings is 1. The molecule has 6 heteroatoms. The van der Waals surface area contributed by atoms with Crippen molar-refractivity contribution < 1.29 is 8.78 Å². The van der Waals surface area contributed by atoms with E-state index in [0.29, 0.717) is 5.82 Å². The van der Waals surface area contributed by atoms with Crippen LogP contribution in [-0.2, 0) is 0 Å². The van der Waals surface area contributed by atoms with E-state index in [1.165, 1.54) is 0 Å². The SMILES string of the molecule is Fc1cc(Nc2ccc(Br)cn2)c(F)cc1Br. The summed E-state index contributed by atoms with van der Waals surface area (Å²) >= 11 is 6.15. The van der Waals surface area contributed by atoms with Gasteiger partial charge in [-0.15, -0.1) is 0 Å². The lowest BCUT2D eigenvalue weighted by Crippen LogP contribution is -1.97. The van der Waals surface area contributed by atoms with Gasteiger partial charge in [0.25, 0.3) is 0 Å². The number of nitrogens with one attached hydrogen (secondary N) is 1. The van der Waals surface area contributed by atoms with E-state index < -0.39 is 11.6 Å². The number of anilines is 2. The smallest absolute Gasteiger partial charge is 0.148 e. The highest BCUT2D eigenvalue weighted by Gasteiger charge is 2.08. The molecule has 1 heterocycles. The molecule has 0 saturated heterocycles. The Morgan fingerprint density at radius 2 is 1.82 bits per heavy atom. The lowest BCUT2D eigenvalue weighted by Gasteiger charge is -2.07. The maximum atomic E-state index is 13.5. The molecule has 0 unspecified atom stereocenters. The molecule has 0 fully saturated rings. The third kappa shape index (κ3) is 3.01. The monoisotopic (exact) mass is 362 g/mol. The van der Waals surface area contributed by atoms with Crippen molar-refractivity contribution in [3.63, 3.8) is 0 Å². The van der Waals surface area contributed by atoms with Crippen molar-refractivity contribution in [2.75, 3.05) is 5.32 Å². The third-order valence-corrected chi connectivity index (χ3v) is 3.08. The maximum Gasteiger partial charge on any atom is 0.148 e. The number of hydrogen-bond donors (Lipinski definition) is 1. The maximum absolute atomic E-state index is 13.5. The van der Waals surface area contributed by atoms with Crippen LogP contribution < -0.4 is 5.32 Å². The highest BCUT2D eigenvalue weighted by atomic mass is 79.9. The molecule has 0 saturated carbocycles. The molecule has 0 spiro atoms. The number of hydrogen-bond acceptors (Lipinski definition) is 2. The van der Waals surface area contributed by atoms with E-state index in [9.17, 15) is 8.78 Å². The van der Waals surface area contributed by atoms with Crippen molar-refractivity contribution in [2.24, 2.45) is 0 Å². The first-order valence-electron chi connectivity index (χ1n) is 4.59. The average molecular weight is 364 g/mol. The largest absolute Gasteiger partial charge is 0.338 e. The van der Waals surface area contributed by atoms with E-state index >= 15 is 0 Å². The molecular weight excluding hydrogens is 358 g/mol. The predicted octanol–water partition coefficient (Wildman–Crippen LogP) is 4.63. The van der Waals surface area contributed by atoms with Gasteiger partial charge >= 0.3 is 0 Å². The molecule has 0 amide bonds. The zero-order chi connectivity index (χ0) is 12.4. The normalized spacial score (nSPS) is 10.4. The van der Waals surface area contributed by atoms with Gasteiger partial charge in [0.1, 0.15) is 17.5 Å². The molecule has 2 rings (SSSR count). The van der Waals surface area contributed by atoms with Crippen molar-refractivity contribution in [3.8, 4) is 0 Å². The van der Waals surface area contributed by atoms with Crippen LogP contribution in [0.3, 0.4) is 0 Å². The lowest BCUT2D eigenvalue weighted by atomic mass is 10.3. The minimum atomic E-state index is -0.553. The summed E-state index contributed by atoms with van der Waals surface area (Å²) < 4.78 is 27.6. The molecule has 0 radical (unpaired) electrons. The van der Waals surface area contributed by atoms with Crippen LogP contribution in [0.15, 0.2) is 39.4 Å². The minimum Gasteiger partial charge on any atom is -0.338 e. The predicted molar refractivity (Wildman–Crippen MR) is 69.3 cm³/mol. The molecule has 88 valence electrons. The molecule has 0 aliphatic rings. The van der Waals surface area contributed by atoms with Gasteiger partial charge < -0.3 is 5.32 Å². The summed E-state index contributed by atoms with van der Waals surface area (Å²) in [6.45, 7) is 0. The highest BCUT2D eigenvalue weighted by Crippen LogP contribution is 2.25. The Balaban J connectivity index is 2.30. The third-order valence-electron chi connectivity index (χ3n) is 2.00. The summed E-state index contributed by atoms with van der Waals surface area (Å²) in [5.41, 5.74) is 0.0422. The van der Waals surface area contributed by atoms with Gasteiger partial charge in [0.15, 0.2) is 0 Å². The number of nitrogens with zero attached hydrogens (tertiary/aromatic N) is 1. The number of aromatic nitrogens is 1. The number of benzene rings is 1. The van der Waals surface area contributed by atoms with Crippen LogP contribution in [0.4, 0.5) is 20.3 Å². The van der Waals surface area contributed by atoms with Crippen molar-refractivity contribution in [2.45, 2.75) is 0 Å². The van der Waals surface area contributed by atoms with E-state index in [1.54, 1.807) is 18.3 Å². The van der Waals surface area contributed by atoms with Gasteiger partial charge in [0.2, 0.25) is 0 Å². The fraction of sp³-hybridized carbons (Fsp3) is 0. The van der Waals surface area contributed by atoms with Crippen LogP contribution in [0, 0.1) is 11.6 Å². The van der Waals surface area contributed by atoms with Crippen LogP contribution in [-0.4, -0.2) is 4.98 Å². The Morgan fingerprint density at radius 1 is 1.06 bits per heavy atom. The molecule has 0 atom stereocenters. The quantitative estimate of drug-likeness (QED) is 0.787. The summed E-state index contributed by atoms with van der Waals surface area (Å²) in [5.74, 6) is -0.650. The standard InChI is InChI=1S/C11H6Br2F2N2/c12-6-1-2-11(16-5-6)17-10-4-8(14)7(13)3-9(10)15/h1-5H,(H,16,17). The Bertz CT molecular complexity index is 544. The van der Waals surface area contributed by atoms with E-state index in [0.717, 1.165) is 16.6 Å². The van der Waals surface area contributed by atoms with Gasteiger partial charge in [-0.2, -0.15) is 0 Å². The van der Waals surface area contributed by atoms with Crippen LogP contribution in [0.2, 0.25) is 0 Å². The van der Waals surface area contributed by atoms with Crippen molar-refractivity contribution >= 4 is 43.4 Å². The second kappa shape index (κ2) is 5.10. The summed E-state index contributed by atoms with van der Waals surface area (Å²) in [6, 6.07) is 5.55. The Morgan fingerprint density at radius 3 is 2.47 bits per heavy atom. The van der Waals surface area contributed by atoms with Crippen molar-refractivity contribution in [1.82, 2.24) is 4.98 Å². The Kier molecular flexibility index (Phi) is 3.73. The highest BCUT2D eigenvalue weighted by molar-refractivity contribution is 9.10. The van der Waals surface area contributed by atoms with Gasteiger partial charge in [-0.1, -0.05) is 0 Å². The Labute approximate surface area is 113 Å². The molecule has 17 heavy (non-hydrogen) atoms. The molecule has 1 aromatic carbocycles. The summed E-state index contributed by atoms with van der Waals surface area (Å²) in [7, 11) is 0. The van der Waals surface area contributed by atoms with E-state index in [2.05, 4.69) is 42.2 Å². The topological polar surface area (TPSA) is 24.9 Å². The summed E-state index contributed by atoms with van der Waals surface area (Å²) in [5, 5.41) is 2.70. The Hall–Kier alpha value is -1.01. The molecular formula is C11H6Br2F2N2. The first kappa shape index (κ1) is 12.4. The van der Waals surface area contributed by atoms with Gasteiger partial charge in [0, 0.05) is 16.7 Å². The number of rotatable bonds is 2. The van der Waals surface area contributed by atoms with Gasteiger partial charge in [-0.3, -0.25) is 0 Å². The second-order valence-electron chi connectivity index (χ2n) is 3.23. The first-order valence-corrected chi connectivity index (χ1v) is 6.18. The molecule has 0 aliphatic heterocycles.